The molecular formula is C29H31N9. The molecule has 0 amide bonds. The number of hydrogen-bond acceptors (Lipinski definition) is 7. The molecule has 192 valence electrons. The van der Waals surface area contributed by atoms with E-state index in [1.807, 2.05) is 30.7 Å². The molecule has 0 aromatic carbocycles. The minimum absolute atomic E-state index is 0.559. The van der Waals surface area contributed by atoms with Gasteiger partial charge >= 0.3 is 0 Å². The summed E-state index contributed by atoms with van der Waals surface area (Å²) in [6, 6.07) is 10.4. The van der Waals surface area contributed by atoms with Gasteiger partial charge in [0, 0.05) is 60.9 Å². The maximum Gasteiger partial charge on any atom is 0.139 e. The van der Waals surface area contributed by atoms with Crippen LogP contribution in [0.1, 0.15) is 19.3 Å². The van der Waals surface area contributed by atoms with Crippen LogP contribution < -0.4 is 10.2 Å². The lowest BCUT2D eigenvalue weighted by atomic mass is 9.83. The lowest BCUT2D eigenvalue weighted by molar-refractivity contribution is 0.313. The van der Waals surface area contributed by atoms with Crippen LogP contribution in [0.5, 0.6) is 0 Å². The van der Waals surface area contributed by atoms with Gasteiger partial charge in [-0.1, -0.05) is 13.0 Å². The van der Waals surface area contributed by atoms with E-state index in [1.54, 1.807) is 0 Å². The molecule has 0 spiro atoms. The molecule has 0 atom stereocenters. The number of aromatic nitrogens is 6. The average Bonchev–Trinajstić information content (AvgIpc) is 3.52. The molecule has 0 bridgehead atoms. The summed E-state index contributed by atoms with van der Waals surface area (Å²) in [5.41, 5.74) is 9.24. The van der Waals surface area contributed by atoms with Crippen molar-refractivity contribution in [3.05, 3.63) is 61.2 Å². The van der Waals surface area contributed by atoms with Crippen molar-refractivity contribution >= 4 is 33.4 Å². The van der Waals surface area contributed by atoms with E-state index in [9.17, 15) is 0 Å². The topological polar surface area (TPSA) is 102 Å². The van der Waals surface area contributed by atoms with Crippen LogP contribution in [-0.4, -0.2) is 68.3 Å². The standard InChI is InChI=1S/C29H31N9/c1-18(19-4-3-5-19)32-21-14-20(16-30-17-21)23-6-7-24-27(33-23)28(36-35-24)25-15-22-26(8-9-31-29(22)34-25)38-12-10-37(2)11-13-38/h6-9,14-17,19,32H,1,3-5,10-13H2,2H3,(H,31,34)(H,35,36). The summed E-state index contributed by atoms with van der Waals surface area (Å²) in [5.74, 6) is 0.559. The summed E-state index contributed by atoms with van der Waals surface area (Å²) in [4.78, 5) is 22.4. The Morgan fingerprint density at radius 2 is 1.95 bits per heavy atom. The van der Waals surface area contributed by atoms with Crippen molar-refractivity contribution in [2.75, 3.05) is 43.4 Å². The molecule has 5 aromatic rings. The Kier molecular flexibility index (Phi) is 5.58. The van der Waals surface area contributed by atoms with Gasteiger partial charge in [0.05, 0.1) is 28.8 Å². The monoisotopic (exact) mass is 505 g/mol. The molecule has 2 fully saturated rings. The van der Waals surface area contributed by atoms with Gasteiger partial charge < -0.3 is 20.1 Å². The number of anilines is 2. The number of nitrogens with one attached hydrogen (secondary N) is 3. The number of H-pyrrole nitrogens is 2. The third-order valence-corrected chi connectivity index (χ3v) is 7.95. The molecule has 38 heavy (non-hydrogen) atoms. The molecule has 9 heteroatoms. The van der Waals surface area contributed by atoms with Gasteiger partial charge in [-0.05, 0) is 56.1 Å². The predicted molar refractivity (Wildman–Crippen MR) is 152 cm³/mol. The van der Waals surface area contributed by atoms with E-state index in [1.165, 1.54) is 24.9 Å². The van der Waals surface area contributed by atoms with E-state index in [4.69, 9.17) is 4.98 Å². The van der Waals surface area contributed by atoms with Crippen molar-refractivity contribution in [1.82, 2.24) is 35.0 Å². The van der Waals surface area contributed by atoms with Crippen LogP contribution >= 0.6 is 0 Å². The lowest BCUT2D eigenvalue weighted by Crippen LogP contribution is -2.44. The first kappa shape index (κ1) is 22.9. The first-order valence-electron chi connectivity index (χ1n) is 13.3. The Balaban J connectivity index is 1.22. The fourth-order valence-corrected chi connectivity index (χ4v) is 5.40. The molecule has 3 N–H and O–H groups in total. The molecule has 0 unspecified atom stereocenters. The maximum absolute atomic E-state index is 5.02. The van der Waals surface area contributed by atoms with Gasteiger partial charge in [0.25, 0.3) is 0 Å². The molecule has 1 saturated carbocycles. The molecule has 7 rings (SSSR count). The lowest BCUT2D eigenvalue weighted by Gasteiger charge is -2.34. The van der Waals surface area contributed by atoms with Crippen molar-refractivity contribution in [3.63, 3.8) is 0 Å². The van der Waals surface area contributed by atoms with Crippen LogP contribution in [0.25, 0.3) is 44.7 Å². The van der Waals surface area contributed by atoms with Crippen LogP contribution in [0.3, 0.4) is 0 Å². The van der Waals surface area contributed by atoms with Crippen LogP contribution in [0, 0.1) is 5.92 Å². The smallest absolute Gasteiger partial charge is 0.139 e. The molecular weight excluding hydrogens is 474 g/mol. The first-order valence-corrected chi connectivity index (χ1v) is 13.3. The van der Waals surface area contributed by atoms with Crippen molar-refractivity contribution in [3.8, 4) is 22.6 Å². The minimum Gasteiger partial charge on any atom is -0.368 e. The highest BCUT2D eigenvalue weighted by Gasteiger charge is 2.21. The molecule has 9 nitrogen and oxygen atoms in total. The summed E-state index contributed by atoms with van der Waals surface area (Å²) in [6.45, 7) is 8.34. The molecule has 1 aliphatic heterocycles. The molecule has 2 aliphatic rings. The highest BCUT2D eigenvalue weighted by molar-refractivity contribution is 5.97. The van der Waals surface area contributed by atoms with Gasteiger partial charge in [-0.3, -0.25) is 10.1 Å². The Bertz CT molecular complexity index is 1640. The normalized spacial score (nSPS) is 16.7. The number of allylic oxidation sites excluding steroid dienone is 1. The first-order chi connectivity index (χ1) is 18.6. The maximum atomic E-state index is 5.02. The fourth-order valence-electron chi connectivity index (χ4n) is 5.40. The second-order valence-electron chi connectivity index (χ2n) is 10.5. The zero-order valence-corrected chi connectivity index (χ0v) is 21.5. The zero-order chi connectivity index (χ0) is 25.6. The van der Waals surface area contributed by atoms with Crippen LogP contribution in [0.15, 0.2) is 61.2 Å². The molecule has 1 aliphatic carbocycles. The van der Waals surface area contributed by atoms with E-state index < -0.39 is 0 Å². The minimum atomic E-state index is 0.559. The molecule has 1 saturated heterocycles. The third-order valence-electron chi connectivity index (χ3n) is 7.95. The number of likely N-dealkylation sites (N-methyl/N-ethyl adjacent to an activating group) is 1. The molecule has 0 radical (unpaired) electrons. The Labute approximate surface area is 221 Å². The van der Waals surface area contributed by atoms with Gasteiger partial charge in [0.15, 0.2) is 0 Å². The van der Waals surface area contributed by atoms with Gasteiger partial charge in [0.2, 0.25) is 0 Å². The van der Waals surface area contributed by atoms with E-state index in [-0.39, 0.29) is 0 Å². The molecule has 6 heterocycles. The summed E-state index contributed by atoms with van der Waals surface area (Å²) < 4.78 is 0. The second-order valence-corrected chi connectivity index (χ2v) is 10.5. The van der Waals surface area contributed by atoms with Gasteiger partial charge in [-0.15, -0.1) is 0 Å². The number of aromatic amines is 2. The fraction of sp³-hybridized carbons (Fsp3) is 0.310. The SMILES string of the molecule is C=C(Nc1cncc(-c2ccc3[nH]nc(-c4cc5c(N6CCN(C)CC6)ccnc5[nH]4)c3n2)c1)C1CCC1. The van der Waals surface area contributed by atoms with E-state index in [0.29, 0.717) is 5.92 Å². The van der Waals surface area contributed by atoms with E-state index in [0.717, 1.165) is 82.3 Å². The number of fused-ring (bicyclic) bond motifs is 2. The quantitative estimate of drug-likeness (QED) is 0.297. The van der Waals surface area contributed by atoms with Crippen LogP contribution in [0.2, 0.25) is 0 Å². The largest absolute Gasteiger partial charge is 0.368 e. The summed E-state index contributed by atoms with van der Waals surface area (Å²) in [7, 11) is 2.17. The Morgan fingerprint density at radius 3 is 2.76 bits per heavy atom. The highest BCUT2D eigenvalue weighted by atomic mass is 15.2. The highest BCUT2D eigenvalue weighted by Crippen LogP contribution is 2.35. The van der Waals surface area contributed by atoms with Crippen molar-refractivity contribution < 1.29 is 0 Å². The van der Waals surface area contributed by atoms with E-state index in [2.05, 4.69) is 72.1 Å². The average molecular weight is 506 g/mol. The summed E-state index contributed by atoms with van der Waals surface area (Å²) in [5, 5.41) is 12.3. The Hall–Kier alpha value is -4.24. The third kappa shape index (κ3) is 4.09. The molecule has 5 aromatic heterocycles. The number of hydrogen-bond donors (Lipinski definition) is 3. The predicted octanol–water partition coefficient (Wildman–Crippen LogP) is 5.04. The van der Waals surface area contributed by atoms with Gasteiger partial charge in [-0.25, -0.2) is 9.97 Å². The van der Waals surface area contributed by atoms with Crippen molar-refractivity contribution in [1.29, 1.82) is 0 Å². The van der Waals surface area contributed by atoms with Crippen molar-refractivity contribution in [2.24, 2.45) is 5.92 Å². The number of rotatable bonds is 6. The van der Waals surface area contributed by atoms with E-state index >= 15 is 0 Å². The van der Waals surface area contributed by atoms with Crippen LogP contribution in [-0.2, 0) is 0 Å². The number of piperazine rings is 1. The summed E-state index contributed by atoms with van der Waals surface area (Å²) >= 11 is 0. The zero-order valence-electron chi connectivity index (χ0n) is 21.5. The Morgan fingerprint density at radius 1 is 1.08 bits per heavy atom. The van der Waals surface area contributed by atoms with Gasteiger partial charge in [0.1, 0.15) is 16.9 Å². The number of nitrogens with zero attached hydrogens (tertiary/aromatic N) is 6. The van der Waals surface area contributed by atoms with Gasteiger partial charge in [-0.2, -0.15) is 5.10 Å². The van der Waals surface area contributed by atoms with Crippen molar-refractivity contribution in [2.45, 2.75) is 19.3 Å². The summed E-state index contributed by atoms with van der Waals surface area (Å²) in [6.07, 6.45) is 9.26. The second kappa shape index (κ2) is 9.25. The number of pyridine rings is 3. The van der Waals surface area contributed by atoms with Crippen LogP contribution in [0.4, 0.5) is 11.4 Å².